The summed E-state index contributed by atoms with van der Waals surface area (Å²) in [6.45, 7) is 0. The van der Waals surface area contributed by atoms with Crippen LogP contribution < -0.4 is 14.2 Å². The number of rotatable bonds is 8. The molecule has 12 heteroatoms. The van der Waals surface area contributed by atoms with Gasteiger partial charge in [0.1, 0.15) is 16.5 Å². The quantitative estimate of drug-likeness (QED) is 0.138. The second-order valence-electron chi connectivity index (χ2n) is 6.82. The van der Waals surface area contributed by atoms with Crippen LogP contribution in [0.15, 0.2) is 81.7 Å². The summed E-state index contributed by atoms with van der Waals surface area (Å²) < 4.78 is 35.9. The molecule has 10 nitrogen and oxygen atoms in total. The van der Waals surface area contributed by atoms with Crippen LogP contribution in [-0.2, 0) is 14.9 Å². The maximum Gasteiger partial charge on any atom is 0.339 e. The standard InChI is InChI=1S/C23H16BrN3O7S/c1-33-21-12-15(11-20(24)22(21)34-35(31,32)19-8-3-2-4-9-19)10-16(14-25)23(28)26-17-6-5-7-18(13-17)27(29)30/h2-13H,1H3,(H,26,28)/b16-10+. The molecule has 0 saturated heterocycles. The molecule has 0 aliphatic heterocycles. The zero-order valence-electron chi connectivity index (χ0n) is 18.0. The molecule has 0 spiro atoms. The van der Waals surface area contributed by atoms with E-state index in [1.54, 1.807) is 24.3 Å². The second-order valence-corrected chi connectivity index (χ2v) is 9.22. The molecule has 3 rings (SSSR count). The number of hydrogen-bond donors (Lipinski definition) is 1. The first-order valence-corrected chi connectivity index (χ1v) is 11.9. The first-order chi connectivity index (χ1) is 16.6. The number of hydrogen-bond acceptors (Lipinski definition) is 8. The zero-order chi connectivity index (χ0) is 25.6. The Morgan fingerprint density at radius 2 is 1.86 bits per heavy atom. The van der Waals surface area contributed by atoms with Crippen molar-refractivity contribution >= 4 is 49.4 Å². The van der Waals surface area contributed by atoms with Gasteiger partial charge in [0, 0.05) is 17.8 Å². The monoisotopic (exact) mass is 557 g/mol. The van der Waals surface area contributed by atoms with Gasteiger partial charge in [-0.3, -0.25) is 14.9 Å². The van der Waals surface area contributed by atoms with Crippen molar-refractivity contribution in [2.75, 3.05) is 12.4 Å². The van der Waals surface area contributed by atoms with Gasteiger partial charge in [-0.1, -0.05) is 24.3 Å². The van der Waals surface area contributed by atoms with Crippen molar-refractivity contribution in [3.8, 4) is 17.6 Å². The lowest BCUT2D eigenvalue weighted by Gasteiger charge is -2.13. The number of carbonyl (C=O) groups excluding carboxylic acids is 1. The Morgan fingerprint density at radius 3 is 2.49 bits per heavy atom. The minimum absolute atomic E-state index is 0.0292. The first-order valence-electron chi connectivity index (χ1n) is 9.69. The van der Waals surface area contributed by atoms with Crippen molar-refractivity contribution in [3.63, 3.8) is 0 Å². The number of nitrogens with one attached hydrogen (secondary N) is 1. The molecule has 0 aromatic heterocycles. The summed E-state index contributed by atoms with van der Waals surface area (Å²) >= 11 is 3.24. The predicted molar refractivity (Wildman–Crippen MR) is 130 cm³/mol. The van der Waals surface area contributed by atoms with E-state index < -0.39 is 20.9 Å². The lowest BCUT2D eigenvalue weighted by atomic mass is 10.1. The van der Waals surface area contributed by atoms with E-state index >= 15 is 0 Å². The van der Waals surface area contributed by atoms with Gasteiger partial charge in [-0.25, -0.2) is 0 Å². The molecule has 3 aromatic rings. The molecule has 1 amide bonds. The van der Waals surface area contributed by atoms with Crippen LogP contribution in [0.25, 0.3) is 6.08 Å². The number of methoxy groups -OCH3 is 1. The molecule has 0 aliphatic rings. The summed E-state index contributed by atoms with van der Waals surface area (Å²) in [6.07, 6.45) is 1.25. The van der Waals surface area contributed by atoms with Gasteiger partial charge < -0.3 is 14.2 Å². The average Bonchev–Trinajstić information content (AvgIpc) is 2.84. The third-order valence-electron chi connectivity index (χ3n) is 4.47. The highest BCUT2D eigenvalue weighted by Gasteiger charge is 2.22. The number of carbonyl (C=O) groups is 1. The lowest BCUT2D eigenvalue weighted by Crippen LogP contribution is -2.13. The number of nitriles is 1. The number of benzene rings is 3. The average molecular weight is 558 g/mol. The van der Waals surface area contributed by atoms with Crippen LogP contribution >= 0.6 is 15.9 Å². The topological polar surface area (TPSA) is 149 Å². The molecule has 3 aromatic carbocycles. The summed E-state index contributed by atoms with van der Waals surface area (Å²) in [5.74, 6) is -0.885. The van der Waals surface area contributed by atoms with Crippen LogP contribution in [0.1, 0.15) is 5.56 Å². The normalized spacial score (nSPS) is 11.3. The van der Waals surface area contributed by atoms with E-state index in [9.17, 15) is 28.6 Å². The lowest BCUT2D eigenvalue weighted by molar-refractivity contribution is -0.384. The molecule has 0 atom stereocenters. The van der Waals surface area contributed by atoms with Gasteiger partial charge >= 0.3 is 10.1 Å². The number of amides is 1. The van der Waals surface area contributed by atoms with Crippen molar-refractivity contribution in [3.05, 3.63) is 92.5 Å². The van der Waals surface area contributed by atoms with E-state index in [1.807, 2.05) is 0 Å². The number of halogens is 1. The van der Waals surface area contributed by atoms with Crippen molar-refractivity contribution in [1.82, 2.24) is 0 Å². The van der Waals surface area contributed by atoms with E-state index in [1.165, 1.54) is 55.7 Å². The molecule has 0 radical (unpaired) electrons. The zero-order valence-corrected chi connectivity index (χ0v) is 20.4. The fourth-order valence-corrected chi connectivity index (χ4v) is 4.49. The summed E-state index contributed by atoms with van der Waals surface area (Å²) in [4.78, 5) is 22.8. The smallest absolute Gasteiger partial charge is 0.339 e. The molecule has 0 aliphatic carbocycles. The van der Waals surface area contributed by atoms with Gasteiger partial charge in [0.2, 0.25) is 0 Å². The van der Waals surface area contributed by atoms with Crippen LogP contribution in [0.3, 0.4) is 0 Å². The van der Waals surface area contributed by atoms with E-state index in [4.69, 9.17) is 8.92 Å². The largest absolute Gasteiger partial charge is 0.493 e. The number of nitro groups is 1. The third kappa shape index (κ3) is 6.23. The Bertz CT molecular complexity index is 1470. The van der Waals surface area contributed by atoms with Gasteiger partial charge in [0.25, 0.3) is 11.6 Å². The maximum atomic E-state index is 12.6. The summed E-state index contributed by atoms with van der Waals surface area (Å²) in [5, 5.41) is 22.8. The predicted octanol–water partition coefficient (Wildman–Crippen LogP) is 4.68. The highest BCUT2D eigenvalue weighted by Crippen LogP contribution is 2.39. The van der Waals surface area contributed by atoms with Crippen LogP contribution in [0.5, 0.6) is 11.5 Å². The van der Waals surface area contributed by atoms with E-state index in [-0.39, 0.29) is 37.8 Å². The van der Waals surface area contributed by atoms with E-state index in [0.29, 0.717) is 5.56 Å². The maximum absolute atomic E-state index is 12.6. The van der Waals surface area contributed by atoms with Crippen molar-refractivity contribution in [2.24, 2.45) is 0 Å². The Balaban J connectivity index is 1.90. The SMILES string of the molecule is COc1cc(/C=C(\C#N)C(=O)Nc2cccc([N+](=O)[O-])c2)cc(Br)c1OS(=O)(=O)c1ccccc1. The van der Waals surface area contributed by atoms with Crippen LogP contribution in [0, 0.1) is 21.4 Å². The van der Waals surface area contributed by atoms with Crippen LogP contribution in [0.2, 0.25) is 0 Å². The molecular weight excluding hydrogens is 542 g/mol. The van der Waals surface area contributed by atoms with Crippen LogP contribution in [-0.4, -0.2) is 26.4 Å². The first kappa shape index (κ1) is 25.4. The minimum Gasteiger partial charge on any atom is -0.493 e. The summed E-state index contributed by atoms with van der Waals surface area (Å²) in [6, 6.07) is 17.4. The molecule has 0 heterocycles. The van der Waals surface area contributed by atoms with Gasteiger partial charge in [-0.05, 0) is 57.9 Å². The molecule has 1 N–H and O–H groups in total. The molecule has 35 heavy (non-hydrogen) atoms. The molecule has 0 saturated carbocycles. The molecule has 178 valence electrons. The Hall–Kier alpha value is -4.21. The number of non-ortho nitro benzene ring substituents is 1. The number of nitro benzene ring substituents is 1. The number of nitrogens with zero attached hydrogens (tertiary/aromatic N) is 2. The molecule has 0 unspecified atom stereocenters. The molecular formula is C23H16BrN3O7S. The van der Waals surface area contributed by atoms with Gasteiger partial charge in [-0.15, -0.1) is 0 Å². The highest BCUT2D eigenvalue weighted by molar-refractivity contribution is 9.10. The summed E-state index contributed by atoms with van der Waals surface area (Å²) in [5.41, 5.74) is -0.0704. The molecule has 0 bridgehead atoms. The minimum atomic E-state index is -4.16. The number of ether oxygens (including phenoxy) is 1. The number of anilines is 1. The highest BCUT2D eigenvalue weighted by atomic mass is 79.9. The van der Waals surface area contributed by atoms with Gasteiger partial charge in [0.15, 0.2) is 11.5 Å². The van der Waals surface area contributed by atoms with Crippen LogP contribution in [0.4, 0.5) is 11.4 Å². The fraction of sp³-hybridized carbons (Fsp3) is 0.0435. The van der Waals surface area contributed by atoms with Crippen molar-refractivity contribution < 1.29 is 27.1 Å². The molecule has 0 fully saturated rings. The van der Waals surface area contributed by atoms with Crippen molar-refractivity contribution in [1.29, 1.82) is 5.26 Å². The van der Waals surface area contributed by atoms with Crippen molar-refractivity contribution in [2.45, 2.75) is 4.90 Å². The Kier molecular flexibility index (Phi) is 7.85. The Morgan fingerprint density at radius 1 is 1.14 bits per heavy atom. The third-order valence-corrected chi connectivity index (χ3v) is 6.29. The fourth-order valence-electron chi connectivity index (χ4n) is 2.86. The summed E-state index contributed by atoms with van der Waals surface area (Å²) in [7, 11) is -2.85. The van der Waals surface area contributed by atoms with Gasteiger partial charge in [-0.2, -0.15) is 13.7 Å². The Labute approximate surface area is 208 Å². The van der Waals surface area contributed by atoms with E-state index in [2.05, 4.69) is 21.2 Å². The van der Waals surface area contributed by atoms with E-state index in [0.717, 1.165) is 6.07 Å². The van der Waals surface area contributed by atoms with Gasteiger partial charge in [0.05, 0.1) is 16.5 Å². The second kappa shape index (κ2) is 10.8.